The minimum absolute atomic E-state index is 0.389. The summed E-state index contributed by atoms with van der Waals surface area (Å²) in [6.07, 6.45) is 2.25. The maximum atomic E-state index is 12.6. The van der Waals surface area contributed by atoms with E-state index < -0.39 is 5.69 Å². The van der Waals surface area contributed by atoms with Crippen LogP contribution >= 0.6 is 0 Å². The van der Waals surface area contributed by atoms with Gasteiger partial charge in [-0.15, -0.1) is 0 Å². The van der Waals surface area contributed by atoms with Crippen LogP contribution in [-0.4, -0.2) is 37.1 Å². The van der Waals surface area contributed by atoms with E-state index in [9.17, 15) is 9.59 Å². The monoisotopic (exact) mass is 369 g/mol. The molecule has 0 aliphatic rings. The highest BCUT2D eigenvalue weighted by Gasteiger charge is 2.19. The topological polar surface area (TPSA) is 75.9 Å². The number of rotatable bonds is 8. The van der Waals surface area contributed by atoms with Crippen LogP contribution in [0, 0.1) is 0 Å². The third-order valence-electron chi connectivity index (χ3n) is 4.91. The lowest BCUT2D eigenvalue weighted by molar-refractivity contribution is 0.265. The molecule has 3 rings (SSSR count). The van der Waals surface area contributed by atoms with Gasteiger partial charge < -0.3 is 4.57 Å². The van der Waals surface area contributed by atoms with Gasteiger partial charge in [-0.1, -0.05) is 50.6 Å². The second-order valence-electron chi connectivity index (χ2n) is 6.81. The first-order valence-corrected chi connectivity index (χ1v) is 9.49. The van der Waals surface area contributed by atoms with Gasteiger partial charge in [0.15, 0.2) is 11.2 Å². The summed E-state index contributed by atoms with van der Waals surface area (Å²) in [5.74, 6) is 0.804. The summed E-state index contributed by atoms with van der Waals surface area (Å²) in [6.45, 7) is 7.38. The first-order chi connectivity index (χ1) is 13.0. The summed E-state index contributed by atoms with van der Waals surface area (Å²) < 4.78 is 3.35. The number of imidazole rings is 1. The minimum atomic E-state index is -0.443. The van der Waals surface area contributed by atoms with Crippen LogP contribution < -0.4 is 11.2 Å². The van der Waals surface area contributed by atoms with Crippen molar-refractivity contribution >= 4 is 11.2 Å². The number of H-pyrrole nitrogens is 1. The molecule has 1 aromatic carbocycles. The number of benzene rings is 1. The molecule has 0 saturated heterocycles. The Bertz CT molecular complexity index is 1020. The maximum Gasteiger partial charge on any atom is 0.329 e. The zero-order valence-corrected chi connectivity index (χ0v) is 16.2. The van der Waals surface area contributed by atoms with Gasteiger partial charge in [-0.3, -0.25) is 19.2 Å². The van der Waals surface area contributed by atoms with Gasteiger partial charge in [0, 0.05) is 13.6 Å². The fourth-order valence-corrected chi connectivity index (χ4v) is 3.27. The first kappa shape index (κ1) is 19.1. The molecular weight excluding hydrogens is 342 g/mol. The van der Waals surface area contributed by atoms with Crippen LogP contribution in [0.25, 0.3) is 11.2 Å². The number of nitrogens with zero attached hydrogens (tertiary/aromatic N) is 4. The van der Waals surface area contributed by atoms with Crippen molar-refractivity contribution in [1.82, 2.24) is 24.0 Å². The quantitative estimate of drug-likeness (QED) is 0.660. The first-order valence-electron chi connectivity index (χ1n) is 9.49. The highest BCUT2D eigenvalue weighted by molar-refractivity contribution is 5.71. The van der Waals surface area contributed by atoms with Crippen LogP contribution in [0.2, 0.25) is 0 Å². The molecule has 0 fully saturated rings. The number of hydrogen-bond acceptors (Lipinski definition) is 4. The minimum Gasteiger partial charge on any atom is -0.317 e. The summed E-state index contributed by atoms with van der Waals surface area (Å²) in [6, 6.07) is 9.98. The van der Waals surface area contributed by atoms with Crippen molar-refractivity contribution in [3.8, 4) is 0 Å². The Balaban J connectivity index is 2.11. The summed E-state index contributed by atoms with van der Waals surface area (Å²) in [5, 5.41) is 0. The van der Waals surface area contributed by atoms with E-state index in [4.69, 9.17) is 4.98 Å². The Kier molecular flexibility index (Phi) is 5.91. The second kappa shape index (κ2) is 8.35. The highest BCUT2D eigenvalue weighted by Crippen LogP contribution is 2.16. The van der Waals surface area contributed by atoms with Gasteiger partial charge in [0.25, 0.3) is 5.56 Å². The Hall–Kier alpha value is -2.67. The Morgan fingerprint density at radius 3 is 2.56 bits per heavy atom. The zero-order chi connectivity index (χ0) is 19.4. The number of aryl methyl sites for hydroxylation is 1. The summed E-state index contributed by atoms with van der Waals surface area (Å²) in [5.41, 5.74) is 1.13. The molecule has 144 valence electrons. The van der Waals surface area contributed by atoms with Crippen molar-refractivity contribution in [2.24, 2.45) is 7.05 Å². The van der Waals surface area contributed by atoms with Crippen molar-refractivity contribution in [3.05, 3.63) is 62.6 Å². The maximum absolute atomic E-state index is 12.6. The van der Waals surface area contributed by atoms with Gasteiger partial charge in [-0.05, 0) is 25.1 Å². The van der Waals surface area contributed by atoms with Crippen LogP contribution in [0.5, 0.6) is 0 Å². The van der Waals surface area contributed by atoms with Gasteiger partial charge in [0.1, 0.15) is 5.82 Å². The Morgan fingerprint density at radius 1 is 1.15 bits per heavy atom. The number of aromatic nitrogens is 4. The predicted molar refractivity (Wildman–Crippen MR) is 107 cm³/mol. The molecule has 7 heteroatoms. The number of nitrogens with one attached hydrogen (secondary N) is 1. The molecule has 2 aromatic heterocycles. The molecule has 0 unspecified atom stereocenters. The van der Waals surface area contributed by atoms with E-state index in [0.29, 0.717) is 24.3 Å². The third kappa shape index (κ3) is 4.03. The molecule has 1 N–H and O–H groups in total. The van der Waals surface area contributed by atoms with Gasteiger partial charge in [0.2, 0.25) is 0 Å². The highest BCUT2D eigenvalue weighted by atomic mass is 16.2. The predicted octanol–water partition coefficient (Wildman–Crippen LogP) is 2.09. The van der Waals surface area contributed by atoms with Crippen molar-refractivity contribution < 1.29 is 0 Å². The molecule has 3 aromatic rings. The van der Waals surface area contributed by atoms with Crippen molar-refractivity contribution in [3.63, 3.8) is 0 Å². The number of fused-ring (bicyclic) bond motifs is 1. The average molecular weight is 369 g/mol. The van der Waals surface area contributed by atoms with Crippen LogP contribution in [0.3, 0.4) is 0 Å². The van der Waals surface area contributed by atoms with Gasteiger partial charge in [0.05, 0.1) is 6.54 Å². The largest absolute Gasteiger partial charge is 0.329 e. The van der Waals surface area contributed by atoms with E-state index in [-0.39, 0.29) is 5.56 Å². The van der Waals surface area contributed by atoms with Gasteiger partial charge in [-0.2, -0.15) is 0 Å². The molecule has 0 spiro atoms. The van der Waals surface area contributed by atoms with Crippen LogP contribution in [-0.2, 0) is 20.1 Å². The lowest BCUT2D eigenvalue weighted by Gasteiger charge is -2.20. The van der Waals surface area contributed by atoms with Crippen LogP contribution in [0.4, 0.5) is 0 Å². The standard InChI is InChI=1S/C20H27N5O2/c1-4-6-12-24(5-2)14-16-21-18-17(19(26)22-20(27)23(18)3)25(16)13-15-10-8-7-9-11-15/h7-11H,4-6,12-14H2,1-3H3,(H,22,26,27). The van der Waals surface area contributed by atoms with E-state index in [1.54, 1.807) is 7.05 Å². The fraction of sp³-hybridized carbons (Fsp3) is 0.450. The SMILES string of the molecule is CCCCN(CC)Cc1nc2c(c(=O)[nH]c(=O)n2C)n1Cc1ccccc1. The molecule has 0 radical (unpaired) electrons. The van der Waals surface area contributed by atoms with E-state index in [0.717, 1.165) is 37.3 Å². The molecule has 0 bridgehead atoms. The summed E-state index contributed by atoms with van der Waals surface area (Å²) in [4.78, 5) is 34.0. The number of aromatic amines is 1. The zero-order valence-electron chi connectivity index (χ0n) is 16.2. The molecule has 0 atom stereocenters. The van der Waals surface area contributed by atoms with Gasteiger partial charge in [-0.25, -0.2) is 9.78 Å². The van der Waals surface area contributed by atoms with E-state index in [1.165, 1.54) is 4.57 Å². The molecule has 2 heterocycles. The average Bonchev–Trinajstić information content (AvgIpc) is 3.02. The van der Waals surface area contributed by atoms with Crippen LogP contribution in [0.15, 0.2) is 39.9 Å². The second-order valence-corrected chi connectivity index (χ2v) is 6.81. The molecule has 0 aliphatic heterocycles. The molecule has 0 amide bonds. The molecule has 7 nitrogen and oxygen atoms in total. The van der Waals surface area contributed by atoms with Crippen LogP contribution in [0.1, 0.15) is 38.1 Å². The Morgan fingerprint density at radius 2 is 1.89 bits per heavy atom. The van der Waals surface area contributed by atoms with Crippen molar-refractivity contribution in [2.75, 3.05) is 13.1 Å². The number of unbranched alkanes of at least 4 members (excludes halogenated alkanes) is 1. The van der Waals surface area contributed by atoms with Crippen molar-refractivity contribution in [2.45, 2.75) is 39.8 Å². The Labute approximate surface area is 158 Å². The fourth-order valence-electron chi connectivity index (χ4n) is 3.27. The van der Waals surface area contributed by atoms with Gasteiger partial charge >= 0.3 is 5.69 Å². The number of hydrogen-bond donors (Lipinski definition) is 1. The molecule has 0 aliphatic carbocycles. The lowest BCUT2D eigenvalue weighted by Crippen LogP contribution is -2.29. The molecule has 0 saturated carbocycles. The van der Waals surface area contributed by atoms with E-state index in [2.05, 4.69) is 23.7 Å². The lowest BCUT2D eigenvalue weighted by atomic mass is 10.2. The summed E-state index contributed by atoms with van der Waals surface area (Å²) >= 11 is 0. The molecular formula is C20H27N5O2. The van der Waals surface area contributed by atoms with E-state index >= 15 is 0 Å². The van der Waals surface area contributed by atoms with Crippen molar-refractivity contribution in [1.29, 1.82) is 0 Å². The summed E-state index contributed by atoms with van der Waals surface area (Å²) in [7, 11) is 1.64. The smallest absolute Gasteiger partial charge is 0.317 e. The normalized spacial score (nSPS) is 11.6. The molecule has 27 heavy (non-hydrogen) atoms. The third-order valence-corrected chi connectivity index (χ3v) is 4.91. The van der Waals surface area contributed by atoms with E-state index in [1.807, 2.05) is 34.9 Å².